The lowest BCUT2D eigenvalue weighted by atomic mass is 9.43. The minimum absolute atomic E-state index is 0.121. The molecule has 3 nitrogen and oxygen atoms in total. The largest absolute Gasteiger partial charge is 0.469 e. The summed E-state index contributed by atoms with van der Waals surface area (Å²) in [5, 5.41) is 0. The average Bonchev–Trinajstić information content (AvgIpc) is 3.03. The van der Waals surface area contributed by atoms with E-state index in [9.17, 15) is 4.79 Å². The van der Waals surface area contributed by atoms with Crippen molar-refractivity contribution in [2.24, 2.45) is 28.6 Å². The van der Waals surface area contributed by atoms with Crippen LogP contribution in [0.15, 0.2) is 16.7 Å². The molecule has 0 radical (unpaired) electrons. The molecule has 0 amide bonds. The Labute approximate surface area is 151 Å². The topological polar surface area (TPSA) is 39.4 Å². The zero-order valence-corrected chi connectivity index (χ0v) is 16.1. The van der Waals surface area contributed by atoms with Gasteiger partial charge in [-0.3, -0.25) is 4.79 Å². The van der Waals surface area contributed by atoms with E-state index in [0.29, 0.717) is 29.8 Å². The van der Waals surface area contributed by atoms with Crippen molar-refractivity contribution in [1.82, 2.24) is 0 Å². The first-order valence-corrected chi connectivity index (χ1v) is 10.0. The molecule has 0 N–H and O–H groups in total. The van der Waals surface area contributed by atoms with Crippen LogP contribution in [0, 0.1) is 28.6 Å². The Bertz CT molecular complexity index is 662. The van der Waals surface area contributed by atoms with Crippen LogP contribution in [-0.2, 0) is 16.0 Å². The molecule has 138 valence electrons. The average molecular weight is 344 g/mol. The van der Waals surface area contributed by atoms with Crippen LogP contribution < -0.4 is 0 Å². The molecule has 0 aromatic carbocycles. The second kappa shape index (κ2) is 5.89. The summed E-state index contributed by atoms with van der Waals surface area (Å²) in [5.41, 5.74) is 1.90. The van der Waals surface area contributed by atoms with Gasteiger partial charge in [-0.15, -0.1) is 0 Å². The molecule has 3 heteroatoms. The van der Waals surface area contributed by atoms with Crippen LogP contribution in [0.2, 0.25) is 0 Å². The Morgan fingerprint density at radius 1 is 1.32 bits per heavy atom. The van der Waals surface area contributed by atoms with Gasteiger partial charge in [0.15, 0.2) is 0 Å². The first-order chi connectivity index (χ1) is 11.8. The smallest absolute Gasteiger partial charge is 0.302 e. The molecule has 4 rings (SSSR count). The molecular formula is C22H32O3. The molecule has 2 saturated carbocycles. The maximum Gasteiger partial charge on any atom is 0.302 e. The van der Waals surface area contributed by atoms with Crippen molar-refractivity contribution >= 4 is 5.97 Å². The summed E-state index contributed by atoms with van der Waals surface area (Å²) >= 11 is 0. The molecule has 3 aliphatic rings. The van der Waals surface area contributed by atoms with Gasteiger partial charge in [0, 0.05) is 18.8 Å². The molecule has 0 bridgehead atoms. The van der Waals surface area contributed by atoms with E-state index >= 15 is 0 Å². The molecule has 3 aliphatic carbocycles. The number of carbonyl (C=O) groups excluding carboxylic acids is 1. The number of fused-ring (bicyclic) bond motifs is 4. The fourth-order valence-corrected chi connectivity index (χ4v) is 6.96. The molecule has 1 aromatic rings. The van der Waals surface area contributed by atoms with Gasteiger partial charge in [0.1, 0.15) is 5.76 Å². The maximum atomic E-state index is 11.4. The van der Waals surface area contributed by atoms with Gasteiger partial charge in [0.05, 0.1) is 12.9 Å². The lowest BCUT2D eigenvalue weighted by Crippen LogP contribution is -2.55. The highest BCUT2D eigenvalue weighted by atomic mass is 16.5. The summed E-state index contributed by atoms with van der Waals surface area (Å²) in [5.74, 6) is 3.78. The fourth-order valence-electron chi connectivity index (χ4n) is 6.96. The van der Waals surface area contributed by atoms with Crippen LogP contribution in [-0.4, -0.2) is 12.6 Å². The van der Waals surface area contributed by atoms with Gasteiger partial charge in [-0.1, -0.05) is 27.2 Å². The van der Waals surface area contributed by atoms with Crippen molar-refractivity contribution in [2.75, 3.05) is 6.61 Å². The molecule has 2 fully saturated rings. The van der Waals surface area contributed by atoms with Gasteiger partial charge < -0.3 is 9.15 Å². The lowest BCUT2D eigenvalue weighted by molar-refractivity contribution is -0.159. The summed E-state index contributed by atoms with van der Waals surface area (Å²) in [6, 6.07) is 2.19. The van der Waals surface area contributed by atoms with Crippen molar-refractivity contribution in [2.45, 2.75) is 72.1 Å². The maximum absolute atomic E-state index is 11.4. The molecule has 6 unspecified atom stereocenters. The quantitative estimate of drug-likeness (QED) is 0.680. The third-order valence-electron chi connectivity index (χ3n) is 8.18. The number of hydrogen-bond donors (Lipinski definition) is 0. The number of rotatable bonds is 2. The Morgan fingerprint density at radius 2 is 2.12 bits per heavy atom. The van der Waals surface area contributed by atoms with Gasteiger partial charge in [0.2, 0.25) is 0 Å². The van der Waals surface area contributed by atoms with Crippen molar-refractivity contribution in [1.29, 1.82) is 0 Å². The predicted molar refractivity (Wildman–Crippen MR) is 97.2 cm³/mol. The number of furan rings is 1. The van der Waals surface area contributed by atoms with Gasteiger partial charge >= 0.3 is 5.97 Å². The van der Waals surface area contributed by atoms with Crippen LogP contribution in [0.5, 0.6) is 0 Å². The highest BCUT2D eigenvalue weighted by Crippen LogP contribution is 2.64. The second-order valence-corrected chi connectivity index (χ2v) is 9.49. The molecule has 1 aromatic heterocycles. The van der Waals surface area contributed by atoms with Crippen LogP contribution in [0.3, 0.4) is 0 Å². The number of carbonyl (C=O) groups is 1. The van der Waals surface area contributed by atoms with E-state index in [-0.39, 0.29) is 11.4 Å². The SMILES string of the molecule is CC(=O)OCC1(C)CCCC2(C)C3Cc4occc4C(C)C3CCC12. The van der Waals surface area contributed by atoms with E-state index in [2.05, 4.69) is 26.8 Å². The summed E-state index contributed by atoms with van der Waals surface area (Å²) in [6.45, 7) is 9.41. The van der Waals surface area contributed by atoms with Gasteiger partial charge in [-0.25, -0.2) is 0 Å². The van der Waals surface area contributed by atoms with Crippen molar-refractivity contribution in [3.8, 4) is 0 Å². The van der Waals surface area contributed by atoms with E-state index in [0.717, 1.165) is 12.3 Å². The van der Waals surface area contributed by atoms with Crippen molar-refractivity contribution < 1.29 is 13.9 Å². The van der Waals surface area contributed by atoms with Crippen LogP contribution in [0.25, 0.3) is 0 Å². The highest BCUT2D eigenvalue weighted by Gasteiger charge is 2.58. The normalized spacial score (nSPS) is 42.9. The molecule has 6 atom stereocenters. The summed E-state index contributed by atoms with van der Waals surface area (Å²) < 4.78 is 11.4. The van der Waals surface area contributed by atoms with E-state index in [1.54, 1.807) is 0 Å². The van der Waals surface area contributed by atoms with Crippen molar-refractivity contribution in [3.63, 3.8) is 0 Å². The second-order valence-electron chi connectivity index (χ2n) is 9.49. The predicted octanol–water partition coefficient (Wildman–Crippen LogP) is 5.34. The first-order valence-electron chi connectivity index (χ1n) is 10.0. The number of esters is 1. The number of ether oxygens (including phenoxy) is 1. The lowest BCUT2D eigenvalue weighted by Gasteiger charge is -2.61. The van der Waals surface area contributed by atoms with Crippen LogP contribution >= 0.6 is 0 Å². The van der Waals surface area contributed by atoms with Gasteiger partial charge in [-0.05, 0) is 66.4 Å². The van der Waals surface area contributed by atoms with E-state index < -0.39 is 0 Å². The Kier molecular flexibility index (Phi) is 4.05. The number of hydrogen-bond acceptors (Lipinski definition) is 3. The summed E-state index contributed by atoms with van der Waals surface area (Å²) in [7, 11) is 0. The Morgan fingerprint density at radius 3 is 2.88 bits per heavy atom. The van der Waals surface area contributed by atoms with E-state index in [4.69, 9.17) is 9.15 Å². The van der Waals surface area contributed by atoms with Crippen LogP contribution in [0.4, 0.5) is 0 Å². The monoisotopic (exact) mass is 344 g/mol. The van der Waals surface area contributed by atoms with Crippen LogP contribution in [0.1, 0.15) is 77.0 Å². The third-order valence-corrected chi connectivity index (χ3v) is 8.18. The zero-order chi connectivity index (χ0) is 17.8. The Hall–Kier alpha value is -1.25. The Balaban J connectivity index is 1.66. The standard InChI is InChI=1S/C22H32O3/c1-14-16-6-7-20-21(3,13-25-15(2)23)9-5-10-22(20,4)18(16)12-19-17(14)8-11-24-19/h8,11,14,16,18,20H,5-7,9-10,12-13H2,1-4H3. The van der Waals surface area contributed by atoms with Gasteiger partial charge in [-0.2, -0.15) is 0 Å². The van der Waals surface area contributed by atoms with E-state index in [1.165, 1.54) is 50.4 Å². The molecular weight excluding hydrogens is 312 g/mol. The fraction of sp³-hybridized carbons (Fsp3) is 0.773. The first kappa shape index (κ1) is 17.2. The van der Waals surface area contributed by atoms with Gasteiger partial charge in [0.25, 0.3) is 0 Å². The molecule has 0 aliphatic heterocycles. The minimum Gasteiger partial charge on any atom is -0.469 e. The van der Waals surface area contributed by atoms with Crippen molar-refractivity contribution in [3.05, 3.63) is 23.7 Å². The summed E-state index contributed by atoms with van der Waals surface area (Å²) in [6.07, 6.45) is 9.27. The third kappa shape index (κ3) is 2.57. The highest BCUT2D eigenvalue weighted by molar-refractivity contribution is 5.65. The summed E-state index contributed by atoms with van der Waals surface area (Å²) in [4.78, 5) is 11.4. The zero-order valence-electron chi connectivity index (χ0n) is 16.1. The van der Waals surface area contributed by atoms with E-state index in [1.807, 2.05) is 6.26 Å². The minimum atomic E-state index is -0.145. The molecule has 25 heavy (non-hydrogen) atoms. The molecule has 0 spiro atoms. The molecule has 1 heterocycles. The molecule has 0 saturated heterocycles.